The molecule has 4 nitrogen and oxygen atoms in total. The second-order valence-corrected chi connectivity index (χ2v) is 3.27. The van der Waals surface area contributed by atoms with Crippen molar-refractivity contribution in [2.45, 2.75) is 12.5 Å². The van der Waals surface area contributed by atoms with Crippen LogP contribution in [0.1, 0.15) is 18.1 Å². The van der Waals surface area contributed by atoms with Crippen molar-refractivity contribution in [3.8, 4) is 0 Å². The average molecular weight is 227 g/mol. The number of methoxy groups -OCH3 is 1. The van der Waals surface area contributed by atoms with Gasteiger partial charge < -0.3 is 15.2 Å². The van der Waals surface area contributed by atoms with Crippen molar-refractivity contribution in [2.24, 2.45) is 0 Å². The summed E-state index contributed by atoms with van der Waals surface area (Å²) in [5, 5.41) is 12.1. The van der Waals surface area contributed by atoms with Gasteiger partial charge in [0.05, 0.1) is 13.2 Å². The summed E-state index contributed by atoms with van der Waals surface area (Å²) < 4.78 is 17.0. The molecule has 1 atom stereocenters. The number of aliphatic hydroxyl groups is 1. The van der Waals surface area contributed by atoms with E-state index in [1.165, 1.54) is 31.4 Å². The highest BCUT2D eigenvalue weighted by Crippen LogP contribution is 2.15. The lowest BCUT2D eigenvalue weighted by molar-refractivity contribution is 0.155. The van der Waals surface area contributed by atoms with E-state index in [0.29, 0.717) is 18.5 Å². The van der Waals surface area contributed by atoms with Crippen molar-refractivity contribution in [3.63, 3.8) is 0 Å². The minimum absolute atomic E-state index is 0.297. The highest BCUT2D eigenvalue weighted by Gasteiger charge is 2.08. The van der Waals surface area contributed by atoms with Crippen LogP contribution < -0.4 is 5.32 Å². The maximum atomic E-state index is 12.6. The molecule has 88 valence electrons. The lowest BCUT2D eigenvalue weighted by atomic mass is 10.1. The number of carbonyl (C=O) groups excluding carboxylic acids is 1. The molecule has 0 spiro atoms. The first-order valence-corrected chi connectivity index (χ1v) is 4.89. The summed E-state index contributed by atoms with van der Waals surface area (Å²) in [7, 11) is 1.27. The Morgan fingerprint density at radius 2 is 2.12 bits per heavy atom. The second-order valence-electron chi connectivity index (χ2n) is 3.27. The van der Waals surface area contributed by atoms with Crippen LogP contribution >= 0.6 is 0 Å². The van der Waals surface area contributed by atoms with Crippen LogP contribution in [0.25, 0.3) is 0 Å². The molecule has 1 amide bonds. The van der Waals surface area contributed by atoms with E-state index in [2.05, 4.69) is 10.1 Å². The molecule has 1 unspecified atom stereocenters. The number of ether oxygens (including phenoxy) is 1. The van der Waals surface area contributed by atoms with Gasteiger partial charge in [0, 0.05) is 6.54 Å². The van der Waals surface area contributed by atoms with Crippen molar-refractivity contribution in [1.82, 2.24) is 5.32 Å². The first-order chi connectivity index (χ1) is 7.63. The molecule has 0 radical (unpaired) electrons. The van der Waals surface area contributed by atoms with Gasteiger partial charge >= 0.3 is 6.09 Å². The molecule has 16 heavy (non-hydrogen) atoms. The topological polar surface area (TPSA) is 58.6 Å². The molecule has 0 saturated carbocycles. The molecule has 0 saturated heterocycles. The third-order valence-corrected chi connectivity index (χ3v) is 2.13. The van der Waals surface area contributed by atoms with Crippen molar-refractivity contribution >= 4 is 6.09 Å². The van der Waals surface area contributed by atoms with Gasteiger partial charge in [0.2, 0.25) is 0 Å². The molecule has 0 aliphatic carbocycles. The highest BCUT2D eigenvalue weighted by atomic mass is 19.1. The Labute approximate surface area is 93.0 Å². The molecule has 1 aromatic rings. The maximum absolute atomic E-state index is 12.6. The van der Waals surface area contributed by atoms with Gasteiger partial charge in [-0.15, -0.1) is 0 Å². The lowest BCUT2D eigenvalue weighted by Crippen LogP contribution is -2.25. The summed E-state index contributed by atoms with van der Waals surface area (Å²) in [6, 6.07) is 5.59. The van der Waals surface area contributed by atoms with Gasteiger partial charge in [0.1, 0.15) is 5.82 Å². The summed E-state index contributed by atoms with van der Waals surface area (Å²) in [5.41, 5.74) is 0.619. The largest absolute Gasteiger partial charge is 0.453 e. The first-order valence-electron chi connectivity index (χ1n) is 4.89. The van der Waals surface area contributed by atoms with Crippen molar-refractivity contribution in [3.05, 3.63) is 35.6 Å². The van der Waals surface area contributed by atoms with E-state index in [1.807, 2.05) is 0 Å². The number of carbonyl (C=O) groups is 1. The zero-order valence-electron chi connectivity index (χ0n) is 8.94. The highest BCUT2D eigenvalue weighted by molar-refractivity contribution is 5.66. The summed E-state index contributed by atoms with van der Waals surface area (Å²) in [5.74, 6) is -0.344. The van der Waals surface area contributed by atoms with Gasteiger partial charge in [-0.05, 0) is 24.1 Å². The predicted octanol–water partition coefficient (Wildman–Crippen LogP) is 1.61. The quantitative estimate of drug-likeness (QED) is 0.821. The van der Waals surface area contributed by atoms with Crippen LogP contribution in [0.15, 0.2) is 24.3 Å². The fourth-order valence-electron chi connectivity index (χ4n) is 1.23. The SMILES string of the molecule is COC(=O)NCCC(O)c1ccc(F)cc1. The summed E-state index contributed by atoms with van der Waals surface area (Å²) in [6.07, 6.45) is -0.912. The molecule has 0 aromatic heterocycles. The smallest absolute Gasteiger partial charge is 0.406 e. The number of rotatable bonds is 4. The molecule has 0 bridgehead atoms. The molecule has 2 N–H and O–H groups in total. The number of alkyl carbamates (subject to hydrolysis) is 1. The number of amides is 1. The van der Waals surface area contributed by atoms with E-state index in [0.717, 1.165) is 0 Å². The van der Waals surface area contributed by atoms with E-state index in [4.69, 9.17) is 0 Å². The number of halogens is 1. The third kappa shape index (κ3) is 3.86. The molecule has 1 rings (SSSR count). The fraction of sp³-hybridized carbons (Fsp3) is 0.364. The Bertz CT molecular complexity index is 340. The molecule has 0 aliphatic heterocycles. The number of nitrogens with one attached hydrogen (secondary N) is 1. The van der Waals surface area contributed by atoms with Gasteiger partial charge in [-0.25, -0.2) is 9.18 Å². The zero-order valence-corrected chi connectivity index (χ0v) is 8.94. The van der Waals surface area contributed by atoms with Crippen LogP contribution in [0.5, 0.6) is 0 Å². The van der Waals surface area contributed by atoms with Gasteiger partial charge in [-0.2, -0.15) is 0 Å². The van der Waals surface area contributed by atoms with Crippen molar-refractivity contribution in [1.29, 1.82) is 0 Å². The van der Waals surface area contributed by atoms with E-state index in [-0.39, 0.29) is 5.82 Å². The Hall–Kier alpha value is -1.62. The van der Waals surface area contributed by atoms with Crippen LogP contribution in [0.3, 0.4) is 0 Å². The van der Waals surface area contributed by atoms with Crippen molar-refractivity contribution < 1.29 is 19.0 Å². The fourth-order valence-corrected chi connectivity index (χ4v) is 1.23. The van der Waals surface area contributed by atoms with Crippen LogP contribution in [0, 0.1) is 5.82 Å². The summed E-state index contributed by atoms with van der Waals surface area (Å²) >= 11 is 0. The lowest BCUT2D eigenvalue weighted by Gasteiger charge is -2.11. The van der Waals surface area contributed by atoms with E-state index in [9.17, 15) is 14.3 Å². The van der Waals surface area contributed by atoms with E-state index < -0.39 is 12.2 Å². The summed E-state index contributed by atoms with van der Waals surface area (Å²) in [6.45, 7) is 0.297. The van der Waals surface area contributed by atoms with Gasteiger partial charge in [-0.1, -0.05) is 12.1 Å². The average Bonchev–Trinajstić information content (AvgIpc) is 2.29. The van der Waals surface area contributed by atoms with Gasteiger partial charge in [0.15, 0.2) is 0 Å². The molecular formula is C11H14FNO3. The van der Waals surface area contributed by atoms with Crippen LogP contribution in [0.4, 0.5) is 9.18 Å². The van der Waals surface area contributed by atoms with Gasteiger partial charge in [-0.3, -0.25) is 0 Å². The van der Waals surface area contributed by atoms with Crippen LogP contribution in [-0.4, -0.2) is 24.9 Å². The molecule has 5 heteroatoms. The number of hydrogen-bond donors (Lipinski definition) is 2. The minimum atomic E-state index is -0.724. The molecule has 0 heterocycles. The molecule has 1 aromatic carbocycles. The van der Waals surface area contributed by atoms with Crippen LogP contribution in [0.2, 0.25) is 0 Å². The molecule has 0 fully saturated rings. The normalized spacial score (nSPS) is 11.9. The second kappa shape index (κ2) is 6.07. The number of benzene rings is 1. The van der Waals surface area contributed by atoms with E-state index >= 15 is 0 Å². The Balaban J connectivity index is 2.37. The van der Waals surface area contributed by atoms with Gasteiger partial charge in [0.25, 0.3) is 0 Å². The zero-order chi connectivity index (χ0) is 12.0. The maximum Gasteiger partial charge on any atom is 0.406 e. The molecule has 0 aliphatic rings. The number of hydrogen-bond acceptors (Lipinski definition) is 3. The Morgan fingerprint density at radius 3 is 2.69 bits per heavy atom. The monoisotopic (exact) mass is 227 g/mol. The van der Waals surface area contributed by atoms with Crippen LogP contribution in [-0.2, 0) is 4.74 Å². The Kier molecular flexibility index (Phi) is 4.72. The van der Waals surface area contributed by atoms with E-state index in [1.54, 1.807) is 0 Å². The standard InChI is InChI=1S/C11H14FNO3/c1-16-11(15)13-7-6-10(14)8-2-4-9(12)5-3-8/h2-5,10,14H,6-7H2,1H3,(H,13,15). The minimum Gasteiger partial charge on any atom is -0.453 e. The molecular weight excluding hydrogens is 213 g/mol. The summed E-state index contributed by atoms with van der Waals surface area (Å²) in [4.78, 5) is 10.7. The Morgan fingerprint density at radius 1 is 1.50 bits per heavy atom. The first kappa shape index (κ1) is 12.4. The predicted molar refractivity (Wildman–Crippen MR) is 56.4 cm³/mol. The number of aliphatic hydroxyl groups excluding tert-OH is 1. The third-order valence-electron chi connectivity index (χ3n) is 2.13. The van der Waals surface area contributed by atoms with Crippen molar-refractivity contribution in [2.75, 3.05) is 13.7 Å².